The normalized spacial score (nSPS) is 22.9. The molecule has 1 saturated heterocycles. The summed E-state index contributed by atoms with van der Waals surface area (Å²) in [4.78, 5) is 13.0. The highest BCUT2D eigenvalue weighted by molar-refractivity contribution is 5.66. The fourth-order valence-corrected chi connectivity index (χ4v) is 2.66. The first kappa shape index (κ1) is 14.7. The number of nitro benzene ring substituents is 1. The van der Waals surface area contributed by atoms with Gasteiger partial charge in [0.1, 0.15) is 5.69 Å². The number of hydrogen-bond acceptors (Lipinski definition) is 5. The van der Waals surface area contributed by atoms with Gasteiger partial charge >= 0.3 is 0 Å². The Balaban J connectivity index is 2.30. The standard InChI is InChI=1S/C14H20N2O4/c1-10-5-4-6-13(14(10)16(17)18)15-7-11(2)20-12(8-15)9-19-3/h4-6,11-12H,7-9H2,1-3H3. The van der Waals surface area contributed by atoms with Gasteiger partial charge in [0, 0.05) is 25.8 Å². The van der Waals surface area contributed by atoms with Crippen LogP contribution in [0.5, 0.6) is 0 Å². The van der Waals surface area contributed by atoms with Crippen molar-refractivity contribution in [2.45, 2.75) is 26.1 Å². The number of ether oxygens (including phenoxy) is 2. The lowest BCUT2D eigenvalue weighted by Crippen LogP contribution is -2.48. The van der Waals surface area contributed by atoms with Gasteiger partial charge in [0.2, 0.25) is 0 Å². The molecule has 2 unspecified atom stereocenters. The molecule has 110 valence electrons. The van der Waals surface area contributed by atoms with E-state index in [9.17, 15) is 10.1 Å². The van der Waals surface area contributed by atoms with Crippen molar-refractivity contribution in [2.24, 2.45) is 0 Å². The van der Waals surface area contributed by atoms with Gasteiger partial charge in [-0.05, 0) is 19.9 Å². The van der Waals surface area contributed by atoms with Crippen LogP contribution in [-0.2, 0) is 9.47 Å². The summed E-state index contributed by atoms with van der Waals surface area (Å²) in [6.07, 6.45) is -0.0483. The quantitative estimate of drug-likeness (QED) is 0.624. The number of methoxy groups -OCH3 is 1. The summed E-state index contributed by atoms with van der Waals surface area (Å²) < 4.78 is 10.9. The maximum Gasteiger partial charge on any atom is 0.295 e. The second kappa shape index (κ2) is 6.19. The highest BCUT2D eigenvalue weighted by atomic mass is 16.6. The van der Waals surface area contributed by atoms with Gasteiger partial charge in [-0.1, -0.05) is 12.1 Å². The van der Waals surface area contributed by atoms with Gasteiger partial charge in [0.15, 0.2) is 0 Å². The van der Waals surface area contributed by atoms with Crippen LogP contribution in [0.2, 0.25) is 0 Å². The summed E-state index contributed by atoms with van der Waals surface area (Å²) in [7, 11) is 1.63. The molecule has 1 aromatic rings. The summed E-state index contributed by atoms with van der Waals surface area (Å²) >= 11 is 0. The van der Waals surface area contributed by atoms with Gasteiger partial charge in [-0.15, -0.1) is 0 Å². The van der Waals surface area contributed by atoms with Gasteiger partial charge in [-0.25, -0.2) is 0 Å². The first-order valence-corrected chi connectivity index (χ1v) is 6.66. The molecule has 6 heteroatoms. The lowest BCUT2D eigenvalue weighted by atomic mass is 10.1. The molecule has 0 aliphatic carbocycles. The van der Waals surface area contributed by atoms with Crippen molar-refractivity contribution < 1.29 is 14.4 Å². The summed E-state index contributed by atoms with van der Waals surface area (Å²) in [6, 6.07) is 5.41. The number of aryl methyl sites for hydroxylation is 1. The van der Waals surface area contributed by atoms with Gasteiger partial charge < -0.3 is 14.4 Å². The molecular formula is C14H20N2O4. The number of nitrogens with zero attached hydrogens (tertiary/aromatic N) is 2. The molecule has 0 N–H and O–H groups in total. The van der Waals surface area contributed by atoms with E-state index in [1.165, 1.54) is 0 Å². The Morgan fingerprint density at radius 2 is 2.25 bits per heavy atom. The molecule has 1 aromatic carbocycles. The average Bonchev–Trinajstić information content (AvgIpc) is 2.37. The van der Waals surface area contributed by atoms with Crippen LogP contribution in [0.4, 0.5) is 11.4 Å². The lowest BCUT2D eigenvalue weighted by molar-refractivity contribution is -0.384. The van der Waals surface area contributed by atoms with E-state index in [2.05, 4.69) is 0 Å². The molecule has 0 bridgehead atoms. The Labute approximate surface area is 118 Å². The van der Waals surface area contributed by atoms with Crippen molar-refractivity contribution in [3.8, 4) is 0 Å². The summed E-state index contributed by atoms with van der Waals surface area (Å²) in [5, 5.41) is 11.3. The molecular weight excluding hydrogens is 260 g/mol. The summed E-state index contributed by atoms with van der Waals surface area (Å²) in [5.41, 5.74) is 1.51. The van der Waals surface area contributed by atoms with Crippen molar-refractivity contribution in [1.29, 1.82) is 0 Å². The molecule has 1 aliphatic heterocycles. The molecule has 20 heavy (non-hydrogen) atoms. The van der Waals surface area contributed by atoms with Crippen molar-refractivity contribution in [3.63, 3.8) is 0 Å². The summed E-state index contributed by atoms with van der Waals surface area (Å²) in [6.45, 7) is 5.46. The smallest absolute Gasteiger partial charge is 0.295 e. The van der Waals surface area contributed by atoms with Crippen LogP contribution in [-0.4, -0.2) is 43.9 Å². The molecule has 1 aliphatic rings. The monoisotopic (exact) mass is 280 g/mol. The third-order valence-corrected chi connectivity index (χ3v) is 3.42. The van der Waals surface area contributed by atoms with Gasteiger partial charge in [0.05, 0.1) is 23.7 Å². The maximum atomic E-state index is 11.3. The first-order chi connectivity index (χ1) is 9.52. The highest BCUT2D eigenvalue weighted by Crippen LogP contribution is 2.33. The third-order valence-electron chi connectivity index (χ3n) is 3.42. The number of para-hydroxylation sites is 1. The summed E-state index contributed by atoms with van der Waals surface area (Å²) in [5.74, 6) is 0. The minimum Gasteiger partial charge on any atom is -0.382 e. The van der Waals surface area contributed by atoms with Crippen molar-refractivity contribution in [3.05, 3.63) is 33.9 Å². The van der Waals surface area contributed by atoms with E-state index in [4.69, 9.17) is 9.47 Å². The van der Waals surface area contributed by atoms with E-state index >= 15 is 0 Å². The SMILES string of the molecule is COCC1CN(c2cccc(C)c2[N+](=O)[O-])CC(C)O1. The van der Waals surface area contributed by atoms with E-state index in [-0.39, 0.29) is 22.8 Å². The van der Waals surface area contributed by atoms with Gasteiger partial charge in [-0.3, -0.25) is 10.1 Å². The zero-order valence-corrected chi connectivity index (χ0v) is 12.0. The van der Waals surface area contributed by atoms with Crippen molar-refractivity contribution in [1.82, 2.24) is 0 Å². The zero-order chi connectivity index (χ0) is 14.7. The van der Waals surface area contributed by atoms with Crippen LogP contribution >= 0.6 is 0 Å². The first-order valence-electron chi connectivity index (χ1n) is 6.66. The van der Waals surface area contributed by atoms with Crippen molar-refractivity contribution >= 4 is 11.4 Å². The van der Waals surface area contributed by atoms with Crippen LogP contribution in [0.25, 0.3) is 0 Å². The number of anilines is 1. The van der Waals surface area contributed by atoms with E-state index < -0.39 is 0 Å². The van der Waals surface area contributed by atoms with Crippen molar-refractivity contribution in [2.75, 3.05) is 31.7 Å². The second-order valence-corrected chi connectivity index (χ2v) is 5.13. The zero-order valence-electron chi connectivity index (χ0n) is 12.0. The molecule has 1 fully saturated rings. The molecule has 0 radical (unpaired) electrons. The topological polar surface area (TPSA) is 64.8 Å². The predicted molar refractivity (Wildman–Crippen MR) is 76.3 cm³/mol. The van der Waals surface area contributed by atoms with E-state index in [1.807, 2.05) is 17.9 Å². The van der Waals surface area contributed by atoms with Gasteiger partial charge in [0.25, 0.3) is 5.69 Å². The average molecular weight is 280 g/mol. The Hall–Kier alpha value is -1.66. The Bertz CT molecular complexity index is 492. The molecule has 6 nitrogen and oxygen atoms in total. The largest absolute Gasteiger partial charge is 0.382 e. The van der Waals surface area contributed by atoms with E-state index in [0.717, 1.165) is 0 Å². The number of benzene rings is 1. The minimum absolute atomic E-state index is 0.0176. The van der Waals surface area contributed by atoms with Crippen LogP contribution < -0.4 is 4.90 Å². The maximum absolute atomic E-state index is 11.3. The molecule has 0 saturated carbocycles. The molecule has 0 amide bonds. The lowest BCUT2D eigenvalue weighted by Gasteiger charge is -2.37. The molecule has 2 rings (SSSR count). The van der Waals surface area contributed by atoms with E-state index in [1.54, 1.807) is 26.2 Å². The fraction of sp³-hybridized carbons (Fsp3) is 0.571. The minimum atomic E-state index is -0.309. The van der Waals surface area contributed by atoms with Crippen LogP contribution in [0.15, 0.2) is 18.2 Å². The van der Waals surface area contributed by atoms with Gasteiger partial charge in [-0.2, -0.15) is 0 Å². The number of rotatable bonds is 4. The Morgan fingerprint density at radius 1 is 1.50 bits per heavy atom. The molecule has 1 heterocycles. The number of morpholine rings is 1. The third kappa shape index (κ3) is 3.08. The predicted octanol–water partition coefficient (Wildman–Crippen LogP) is 2.14. The van der Waals surface area contributed by atoms with Crippen LogP contribution in [0.3, 0.4) is 0 Å². The number of nitro groups is 1. The highest BCUT2D eigenvalue weighted by Gasteiger charge is 2.30. The van der Waals surface area contributed by atoms with Crippen LogP contribution in [0.1, 0.15) is 12.5 Å². The Kier molecular flexibility index (Phi) is 4.57. The van der Waals surface area contributed by atoms with Crippen LogP contribution in [0, 0.1) is 17.0 Å². The molecule has 0 spiro atoms. The second-order valence-electron chi connectivity index (χ2n) is 5.13. The van der Waals surface area contributed by atoms with E-state index in [0.29, 0.717) is 30.9 Å². The fourth-order valence-electron chi connectivity index (χ4n) is 2.66. The number of hydrogen-bond donors (Lipinski definition) is 0. The molecule has 2 atom stereocenters. The molecule has 0 aromatic heterocycles. The Morgan fingerprint density at radius 3 is 2.90 bits per heavy atom.